The molecule has 0 bridgehead atoms. The van der Waals surface area contributed by atoms with Gasteiger partial charge in [-0.15, -0.1) is 0 Å². The fraction of sp³-hybridized carbons (Fsp3) is 0.429. The quantitative estimate of drug-likeness (QED) is 0.802. The molecule has 1 fully saturated rings. The number of benzene rings is 1. The van der Waals surface area contributed by atoms with E-state index in [1.165, 1.54) is 0 Å². The molecule has 1 aliphatic rings. The van der Waals surface area contributed by atoms with Crippen LogP contribution in [0, 0.1) is 5.92 Å². The molecule has 0 saturated carbocycles. The average molecular weight is 310 g/mol. The SMILES string of the molecule is CCC1CC(=O)N(CC(=O)c2ccc(Br)cc2)C1. The third kappa shape index (κ3) is 2.99. The van der Waals surface area contributed by atoms with Gasteiger partial charge < -0.3 is 4.90 Å². The lowest BCUT2D eigenvalue weighted by molar-refractivity contribution is -0.127. The van der Waals surface area contributed by atoms with E-state index >= 15 is 0 Å². The van der Waals surface area contributed by atoms with Crippen molar-refractivity contribution in [3.05, 3.63) is 34.3 Å². The van der Waals surface area contributed by atoms with Gasteiger partial charge in [0.2, 0.25) is 5.91 Å². The molecule has 0 N–H and O–H groups in total. The van der Waals surface area contributed by atoms with Gasteiger partial charge in [0.1, 0.15) is 0 Å². The van der Waals surface area contributed by atoms with E-state index in [0.29, 0.717) is 17.9 Å². The largest absolute Gasteiger partial charge is 0.335 e. The summed E-state index contributed by atoms with van der Waals surface area (Å²) in [6.45, 7) is 3.01. The molecule has 1 saturated heterocycles. The third-order valence-corrected chi connectivity index (χ3v) is 3.90. The Bertz CT molecular complexity index is 455. The highest BCUT2D eigenvalue weighted by atomic mass is 79.9. The van der Waals surface area contributed by atoms with E-state index in [1.54, 1.807) is 17.0 Å². The van der Waals surface area contributed by atoms with Crippen molar-refractivity contribution in [2.24, 2.45) is 5.92 Å². The van der Waals surface area contributed by atoms with Crippen LogP contribution < -0.4 is 0 Å². The maximum atomic E-state index is 12.0. The molecule has 1 amide bonds. The smallest absolute Gasteiger partial charge is 0.223 e. The van der Waals surface area contributed by atoms with E-state index < -0.39 is 0 Å². The van der Waals surface area contributed by atoms with Gasteiger partial charge in [-0.1, -0.05) is 41.4 Å². The van der Waals surface area contributed by atoms with Crippen molar-refractivity contribution >= 4 is 27.6 Å². The standard InChI is InChI=1S/C14H16BrNO2/c1-2-10-7-14(18)16(8-10)9-13(17)11-3-5-12(15)6-4-11/h3-6,10H,2,7-9H2,1H3. The number of likely N-dealkylation sites (tertiary alicyclic amines) is 1. The summed E-state index contributed by atoms with van der Waals surface area (Å²) in [5.41, 5.74) is 0.658. The van der Waals surface area contributed by atoms with Crippen LogP contribution in [0.15, 0.2) is 28.7 Å². The van der Waals surface area contributed by atoms with E-state index in [1.807, 2.05) is 12.1 Å². The number of ketones is 1. The van der Waals surface area contributed by atoms with Crippen molar-refractivity contribution in [3.63, 3.8) is 0 Å². The van der Waals surface area contributed by atoms with Crippen LogP contribution in [0.3, 0.4) is 0 Å². The third-order valence-electron chi connectivity index (χ3n) is 3.37. The summed E-state index contributed by atoms with van der Waals surface area (Å²) >= 11 is 3.33. The number of hydrogen-bond donors (Lipinski definition) is 0. The van der Waals surface area contributed by atoms with Crippen LogP contribution in [0.2, 0.25) is 0 Å². The minimum atomic E-state index is 0.00704. The average Bonchev–Trinajstić information content (AvgIpc) is 2.71. The molecule has 18 heavy (non-hydrogen) atoms. The Hall–Kier alpha value is -1.16. The van der Waals surface area contributed by atoms with Crippen molar-refractivity contribution in [2.45, 2.75) is 19.8 Å². The summed E-state index contributed by atoms with van der Waals surface area (Å²) < 4.78 is 0.947. The molecular weight excluding hydrogens is 294 g/mol. The van der Waals surface area contributed by atoms with Crippen molar-refractivity contribution in [3.8, 4) is 0 Å². The van der Waals surface area contributed by atoms with Crippen molar-refractivity contribution in [1.82, 2.24) is 4.90 Å². The van der Waals surface area contributed by atoms with E-state index in [4.69, 9.17) is 0 Å². The molecule has 0 spiro atoms. The summed E-state index contributed by atoms with van der Waals surface area (Å²) in [7, 11) is 0. The number of Topliss-reactive ketones (excluding diaryl/α,β-unsaturated/α-hetero) is 1. The zero-order valence-electron chi connectivity index (χ0n) is 10.4. The molecular formula is C14H16BrNO2. The van der Waals surface area contributed by atoms with Crippen molar-refractivity contribution in [2.75, 3.05) is 13.1 Å². The lowest BCUT2D eigenvalue weighted by atomic mass is 10.1. The minimum Gasteiger partial charge on any atom is -0.335 e. The number of hydrogen-bond acceptors (Lipinski definition) is 2. The van der Waals surface area contributed by atoms with Gasteiger partial charge in [-0.25, -0.2) is 0 Å². The first-order chi connectivity index (χ1) is 8.60. The maximum absolute atomic E-state index is 12.0. The number of carbonyl (C=O) groups is 2. The van der Waals surface area contributed by atoms with Crippen molar-refractivity contribution in [1.29, 1.82) is 0 Å². The molecule has 96 valence electrons. The van der Waals surface area contributed by atoms with Crippen LogP contribution in [-0.2, 0) is 4.79 Å². The number of carbonyl (C=O) groups excluding carboxylic acids is 2. The highest BCUT2D eigenvalue weighted by Gasteiger charge is 2.29. The Morgan fingerprint density at radius 3 is 2.61 bits per heavy atom. The van der Waals surface area contributed by atoms with E-state index in [2.05, 4.69) is 22.9 Å². The Morgan fingerprint density at radius 2 is 2.06 bits per heavy atom. The summed E-state index contributed by atoms with van der Waals surface area (Å²) in [5.74, 6) is 0.523. The first kappa shape index (κ1) is 13.3. The second kappa shape index (κ2) is 5.65. The lowest BCUT2D eigenvalue weighted by Gasteiger charge is -2.15. The summed E-state index contributed by atoms with van der Waals surface area (Å²) in [6.07, 6.45) is 1.58. The first-order valence-corrected chi connectivity index (χ1v) is 6.96. The second-order valence-corrected chi connectivity index (χ2v) is 5.60. The molecule has 0 aromatic heterocycles. The van der Waals surface area contributed by atoms with E-state index in [-0.39, 0.29) is 18.2 Å². The Labute approximate surface area is 115 Å². The Morgan fingerprint density at radius 1 is 1.39 bits per heavy atom. The van der Waals surface area contributed by atoms with Crippen LogP contribution in [-0.4, -0.2) is 29.7 Å². The second-order valence-electron chi connectivity index (χ2n) is 4.68. The summed E-state index contributed by atoms with van der Waals surface area (Å²) in [6, 6.07) is 7.25. The van der Waals surface area contributed by atoms with Crippen LogP contribution >= 0.6 is 15.9 Å². The van der Waals surface area contributed by atoms with Crippen LogP contribution in [0.1, 0.15) is 30.1 Å². The Balaban J connectivity index is 1.99. The summed E-state index contributed by atoms with van der Waals surface area (Å²) in [5, 5.41) is 0. The molecule has 1 aliphatic heterocycles. The molecule has 4 heteroatoms. The molecule has 1 atom stereocenters. The highest BCUT2D eigenvalue weighted by Crippen LogP contribution is 2.21. The molecule has 0 radical (unpaired) electrons. The van der Waals surface area contributed by atoms with E-state index in [9.17, 15) is 9.59 Å². The maximum Gasteiger partial charge on any atom is 0.223 e. The molecule has 1 unspecified atom stereocenters. The monoisotopic (exact) mass is 309 g/mol. The lowest BCUT2D eigenvalue weighted by Crippen LogP contribution is -2.31. The first-order valence-electron chi connectivity index (χ1n) is 6.16. The van der Waals surface area contributed by atoms with Crippen LogP contribution in [0.5, 0.6) is 0 Å². The molecule has 2 rings (SSSR count). The van der Waals surface area contributed by atoms with Crippen LogP contribution in [0.25, 0.3) is 0 Å². The predicted molar refractivity (Wildman–Crippen MR) is 73.5 cm³/mol. The van der Waals surface area contributed by atoms with Gasteiger partial charge in [-0.2, -0.15) is 0 Å². The predicted octanol–water partition coefficient (Wildman–Crippen LogP) is 2.89. The highest BCUT2D eigenvalue weighted by molar-refractivity contribution is 9.10. The van der Waals surface area contributed by atoms with Gasteiger partial charge >= 0.3 is 0 Å². The van der Waals surface area contributed by atoms with E-state index in [0.717, 1.165) is 17.4 Å². The fourth-order valence-corrected chi connectivity index (χ4v) is 2.45. The fourth-order valence-electron chi connectivity index (χ4n) is 2.18. The zero-order chi connectivity index (χ0) is 13.1. The van der Waals surface area contributed by atoms with Gasteiger partial charge in [-0.05, 0) is 18.1 Å². The number of rotatable bonds is 4. The summed E-state index contributed by atoms with van der Waals surface area (Å²) in [4.78, 5) is 25.5. The van der Waals surface area contributed by atoms with Crippen LogP contribution in [0.4, 0.5) is 0 Å². The number of halogens is 1. The topological polar surface area (TPSA) is 37.4 Å². The normalized spacial score (nSPS) is 19.3. The van der Waals surface area contributed by atoms with Gasteiger partial charge in [0, 0.05) is 23.0 Å². The van der Waals surface area contributed by atoms with Gasteiger partial charge in [0.15, 0.2) is 5.78 Å². The molecule has 1 heterocycles. The number of nitrogens with zero attached hydrogens (tertiary/aromatic N) is 1. The van der Waals surface area contributed by atoms with Gasteiger partial charge in [-0.3, -0.25) is 9.59 Å². The van der Waals surface area contributed by atoms with Crippen molar-refractivity contribution < 1.29 is 9.59 Å². The zero-order valence-corrected chi connectivity index (χ0v) is 11.9. The minimum absolute atomic E-state index is 0.00704. The molecule has 1 aromatic rings. The Kier molecular flexibility index (Phi) is 4.17. The number of amides is 1. The van der Waals surface area contributed by atoms with Gasteiger partial charge in [0.25, 0.3) is 0 Å². The molecule has 3 nitrogen and oxygen atoms in total. The van der Waals surface area contributed by atoms with Gasteiger partial charge in [0.05, 0.1) is 6.54 Å². The molecule has 1 aromatic carbocycles. The molecule has 0 aliphatic carbocycles.